The zero-order valence-electron chi connectivity index (χ0n) is 10.9. The van der Waals surface area contributed by atoms with Crippen molar-refractivity contribution in [2.75, 3.05) is 26.8 Å². The highest BCUT2D eigenvalue weighted by atomic mass is 32.1. The van der Waals surface area contributed by atoms with Crippen LogP contribution in [0.1, 0.15) is 26.7 Å². The highest BCUT2D eigenvalue weighted by Crippen LogP contribution is 2.28. The first-order valence-electron chi connectivity index (χ1n) is 6.04. The van der Waals surface area contributed by atoms with Crippen LogP contribution in [0.25, 0.3) is 0 Å². The summed E-state index contributed by atoms with van der Waals surface area (Å²) in [7, 11) is 1.69. The van der Waals surface area contributed by atoms with Gasteiger partial charge in [0.05, 0.1) is 17.0 Å². The van der Waals surface area contributed by atoms with E-state index in [1.807, 2.05) is 18.7 Å². The van der Waals surface area contributed by atoms with E-state index in [0.29, 0.717) is 23.9 Å². The third-order valence-electron chi connectivity index (χ3n) is 3.70. The van der Waals surface area contributed by atoms with Gasteiger partial charge in [-0.3, -0.25) is 4.79 Å². The molecule has 2 N–H and O–H groups in total. The highest BCUT2D eigenvalue weighted by Gasteiger charge is 2.40. The Kier molecular flexibility index (Phi) is 4.89. The zero-order chi connectivity index (χ0) is 13.1. The molecule has 0 bridgehead atoms. The Labute approximate surface area is 108 Å². The van der Waals surface area contributed by atoms with Crippen LogP contribution in [-0.2, 0) is 9.53 Å². The number of methoxy groups -OCH3 is 1. The number of rotatable bonds is 5. The van der Waals surface area contributed by atoms with Crippen LogP contribution in [0.4, 0.5) is 0 Å². The van der Waals surface area contributed by atoms with E-state index in [1.165, 1.54) is 0 Å². The van der Waals surface area contributed by atoms with Gasteiger partial charge in [0.25, 0.3) is 0 Å². The molecule has 1 fully saturated rings. The van der Waals surface area contributed by atoms with E-state index >= 15 is 0 Å². The van der Waals surface area contributed by atoms with Gasteiger partial charge in [0.2, 0.25) is 5.91 Å². The molecule has 1 aliphatic rings. The Balaban J connectivity index is 2.68. The lowest BCUT2D eigenvalue weighted by Gasteiger charge is -2.30. The molecule has 0 aromatic rings. The van der Waals surface area contributed by atoms with E-state index in [2.05, 4.69) is 0 Å². The van der Waals surface area contributed by atoms with E-state index in [1.54, 1.807) is 7.11 Å². The van der Waals surface area contributed by atoms with Crippen LogP contribution in [0.5, 0.6) is 0 Å². The van der Waals surface area contributed by atoms with E-state index in [0.717, 1.165) is 19.5 Å². The first-order valence-corrected chi connectivity index (χ1v) is 6.44. The van der Waals surface area contributed by atoms with Crippen LogP contribution >= 0.6 is 12.2 Å². The van der Waals surface area contributed by atoms with Gasteiger partial charge in [-0.25, -0.2) is 0 Å². The summed E-state index contributed by atoms with van der Waals surface area (Å²) in [4.78, 5) is 14.6. The number of carbonyl (C=O) groups excluding carboxylic acids is 1. The van der Waals surface area contributed by atoms with Gasteiger partial charge in [-0.2, -0.15) is 0 Å². The lowest BCUT2D eigenvalue weighted by atomic mass is 9.86. The first kappa shape index (κ1) is 14.4. The smallest absolute Gasteiger partial charge is 0.235 e. The van der Waals surface area contributed by atoms with Gasteiger partial charge in [-0.15, -0.1) is 0 Å². The lowest BCUT2D eigenvalue weighted by molar-refractivity contribution is -0.136. The number of hydrogen-bond acceptors (Lipinski definition) is 3. The van der Waals surface area contributed by atoms with E-state index in [9.17, 15) is 4.79 Å². The third-order valence-corrected chi connectivity index (χ3v) is 4.15. The molecule has 1 aliphatic heterocycles. The Morgan fingerprint density at radius 3 is 2.76 bits per heavy atom. The van der Waals surface area contributed by atoms with Crippen molar-refractivity contribution in [1.29, 1.82) is 0 Å². The van der Waals surface area contributed by atoms with Crippen LogP contribution in [0.15, 0.2) is 0 Å². The molecule has 0 aromatic carbocycles. The number of amides is 1. The van der Waals surface area contributed by atoms with Gasteiger partial charge in [-0.1, -0.05) is 19.1 Å². The summed E-state index contributed by atoms with van der Waals surface area (Å²) in [6, 6.07) is 0. The Bertz CT molecular complexity index is 309. The molecule has 5 heteroatoms. The maximum Gasteiger partial charge on any atom is 0.235 e. The maximum absolute atomic E-state index is 12.4. The SMILES string of the molecule is CCC(C)(C(=O)N1CCC(COC)C1)C(N)=S. The van der Waals surface area contributed by atoms with E-state index in [4.69, 9.17) is 22.7 Å². The fraction of sp³-hybridized carbons (Fsp3) is 0.833. The quantitative estimate of drug-likeness (QED) is 0.753. The Hall–Kier alpha value is -0.680. The van der Waals surface area contributed by atoms with Gasteiger partial charge in [0.15, 0.2) is 0 Å². The standard InChI is InChI=1S/C12H22N2O2S/c1-4-12(2,10(13)17)11(15)14-6-5-9(7-14)8-16-3/h9H,4-8H2,1-3H3,(H2,13,17). The predicted octanol–water partition coefficient (Wildman–Crippen LogP) is 1.18. The number of nitrogens with zero attached hydrogens (tertiary/aromatic N) is 1. The second kappa shape index (κ2) is 5.78. The molecule has 17 heavy (non-hydrogen) atoms. The van der Waals surface area contributed by atoms with Gasteiger partial charge in [-0.05, 0) is 19.8 Å². The Morgan fingerprint density at radius 1 is 1.65 bits per heavy atom. The molecule has 1 amide bonds. The van der Waals surface area contributed by atoms with Crippen molar-refractivity contribution in [3.8, 4) is 0 Å². The van der Waals surface area contributed by atoms with Crippen LogP contribution in [0.2, 0.25) is 0 Å². The third kappa shape index (κ3) is 2.96. The minimum absolute atomic E-state index is 0.0612. The van der Waals surface area contributed by atoms with Crippen LogP contribution in [-0.4, -0.2) is 42.6 Å². The summed E-state index contributed by atoms with van der Waals surface area (Å²) in [6.45, 7) is 6.02. The number of thiocarbonyl (C=S) groups is 1. The number of hydrogen-bond donors (Lipinski definition) is 1. The average molecular weight is 258 g/mol. The number of ether oxygens (including phenoxy) is 1. The Morgan fingerprint density at radius 2 is 2.29 bits per heavy atom. The summed E-state index contributed by atoms with van der Waals surface area (Å²) >= 11 is 5.03. The molecule has 1 heterocycles. The van der Waals surface area contributed by atoms with Crippen molar-refractivity contribution >= 4 is 23.1 Å². The summed E-state index contributed by atoms with van der Waals surface area (Å²) in [5.41, 5.74) is 5.01. The molecule has 1 rings (SSSR count). The summed E-state index contributed by atoms with van der Waals surface area (Å²) < 4.78 is 5.12. The fourth-order valence-electron chi connectivity index (χ4n) is 2.17. The van der Waals surface area contributed by atoms with Crippen molar-refractivity contribution in [2.24, 2.45) is 17.1 Å². The fourth-order valence-corrected chi connectivity index (χ4v) is 2.40. The van der Waals surface area contributed by atoms with E-state index in [-0.39, 0.29) is 5.91 Å². The molecule has 0 saturated carbocycles. The topological polar surface area (TPSA) is 55.6 Å². The van der Waals surface area contributed by atoms with Crippen molar-refractivity contribution in [1.82, 2.24) is 4.90 Å². The van der Waals surface area contributed by atoms with Crippen molar-refractivity contribution in [2.45, 2.75) is 26.7 Å². The normalized spacial score (nSPS) is 23.5. The molecule has 0 radical (unpaired) electrons. The summed E-state index contributed by atoms with van der Waals surface area (Å²) in [6.07, 6.45) is 1.64. The molecular weight excluding hydrogens is 236 g/mol. The van der Waals surface area contributed by atoms with Crippen molar-refractivity contribution < 1.29 is 9.53 Å². The summed E-state index contributed by atoms with van der Waals surface area (Å²) in [5.74, 6) is 0.502. The largest absolute Gasteiger partial charge is 0.392 e. The molecular formula is C12H22N2O2S. The van der Waals surface area contributed by atoms with Crippen LogP contribution < -0.4 is 5.73 Å². The number of likely N-dealkylation sites (tertiary alicyclic amines) is 1. The number of carbonyl (C=O) groups is 1. The molecule has 1 saturated heterocycles. The predicted molar refractivity (Wildman–Crippen MR) is 71.7 cm³/mol. The van der Waals surface area contributed by atoms with Gasteiger partial charge < -0.3 is 15.4 Å². The minimum atomic E-state index is -0.697. The van der Waals surface area contributed by atoms with Crippen LogP contribution in [0, 0.1) is 11.3 Å². The lowest BCUT2D eigenvalue weighted by Crippen LogP contribution is -2.48. The molecule has 2 atom stereocenters. The maximum atomic E-state index is 12.4. The molecule has 0 aromatic heterocycles. The second-order valence-electron chi connectivity index (χ2n) is 4.91. The average Bonchev–Trinajstić information content (AvgIpc) is 2.75. The zero-order valence-corrected chi connectivity index (χ0v) is 11.7. The van der Waals surface area contributed by atoms with Gasteiger partial charge in [0, 0.05) is 26.1 Å². The molecule has 2 unspecified atom stereocenters. The molecule has 0 aliphatic carbocycles. The highest BCUT2D eigenvalue weighted by molar-refractivity contribution is 7.80. The molecule has 98 valence electrons. The van der Waals surface area contributed by atoms with Crippen molar-refractivity contribution in [3.63, 3.8) is 0 Å². The van der Waals surface area contributed by atoms with Crippen LogP contribution in [0.3, 0.4) is 0 Å². The number of nitrogens with two attached hydrogens (primary N) is 1. The first-order chi connectivity index (χ1) is 7.95. The molecule has 4 nitrogen and oxygen atoms in total. The van der Waals surface area contributed by atoms with Gasteiger partial charge >= 0.3 is 0 Å². The van der Waals surface area contributed by atoms with E-state index < -0.39 is 5.41 Å². The minimum Gasteiger partial charge on any atom is -0.392 e. The monoisotopic (exact) mass is 258 g/mol. The van der Waals surface area contributed by atoms with Gasteiger partial charge in [0.1, 0.15) is 0 Å². The summed E-state index contributed by atoms with van der Waals surface area (Å²) in [5, 5.41) is 0. The second-order valence-corrected chi connectivity index (χ2v) is 5.35. The molecule has 0 spiro atoms. The van der Waals surface area contributed by atoms with Crippen molar-refractivity contribution in [3.05, 3.63) is 0 Å².